The fourth-order valence-corrected chi connectivity index (χ4v) is 2.37. The molecular weight excluding hydrogens is 220 g/mol. The minimum absolute atomic E-state index is 0.0834. The van der Waals surface area contributed by atoms with Crippen molar-refractivity contribution in [3.8, 4) is 10.6 Å². The Morgan fingerprint density at radius 1 is 1.44 bits per heavy atom. The zero-order chi connectivity index (χ0) is 11.5. The second-order valence-electron chi connectivity index (χ2n) is 3.67. The fraction of sp³-hybridized carbons (Fsp3) is 0.250. The molecule has 82 valence electrons. The van der Waals surface area contributed by atoms with Gasteiger partial charge in [0, 0.05) is 6.20 Å². The topological polar surface area (TPSA) is 42.9 Å². The Labute approximate surface area is 98.2 Å². The molecule has 4 heteroatoms. The van der Waals surface area contributed by atoms with Gasteiger partial charge in [-0.2, -0.15) is 0 Å². The standard InChI is InChI=1S/C12H12N2OS/c1-8-4-6-16-12(8)10-3-5-13-11(14-10)7-9(2)15/h3-6H,7H2,1-2H3. The van der Waals surface area contributed by atoms with Crippen LogP contribution in [0.25, 0.3) is 10.6 Å². The lowest BCUT2D eigenvalue weighted by atomic mass is 10.2. The summed E-state index contributed by atoms with van der Waals surface area (Å²) in [7, 11) is 0. The highest BCUT2D eigenvalue weighted by atomic mass is 32.1. The lowest BCUT2D eigenvalue weighted by molar-refractivity contribution is -0.116. The summed E-state index contributed by atoms with van der Waals surface area (Å²) in [5, 5.41) is 2.04. The van der Waals surface area contributed by atoms with E-state index >= 15 is 0 Å². The summed E-state index contributed by atoms with van der Waals surface area (Å²) in [4.78, 5) is 20.6. The Balaban J connectivity index is 2.36. The number of nitrogens with zero attached hydrogens (tertiary/aromatic N) is 2. The average Bonchev–Trinajstić information content (AvgIpc) is 2.64. The second-order valence-corrected chi connectivity index (χ2v) is 4.59. The number of carbonyl (C=O) groups is 1. The molecule has 0 aliphatic carbocycles. The lowest BCUT2D eigenvalue weighted by Crippen LogP contribution is -2.02. The third-order valence-electron chi connectivity index (χ3n) is 2.21. The molecule has 0 saturated heterocycles. The molecule has 0 aliphatic heterocycles. The van der Waals surface area contributed by atoms with Gasteiger partial charge >= 0.3 is 0 Å². The monoisotopic (exact) mass is 232 g/mol. The highest BCUT2D eigenvalue weighted by molar-refractivity contribution is 7.13. The summed E-state index contributed by atoms with van der Waals surface area (Å²) in [5.41, 5.74) is 2.11. The Morgan fingerprint density at radius 3 is 2.88 bits per heavy atom. The van der Waals surface area contributed by atoms with Crippen LogP contribution < -0.4 is 0 Å². The molecule has 0 atom stereocenters. The quantitative estimate of drug-likeness (QED) is 0.817. The first-order chi connectivity index (χ1) is 7.66. The maximum absolute atomic E-state index is 11.0. The molecule has 2 aromatic rings. The van der Waals surface area contributed by atoms with Gasteiger partial charge < -0.3 is 0 Å². The van der Waals surface area contributed by atoms with E-state index in [2.05, 4.69) is 23.0 Å². The molecule has 0 aromatic carbocycles. The Hall–Kier alpha value is -1.55. The van der Waals surface area contributed by atoms with Crippen molar-refractivity contribution in [3.05, 3.63) is 35.1 Å². The first-order valence-electron chi connectivity index (χ1n) is 5.02. The molecule has 0 N–H and O–H groups in total. The van der Waals surface area contributed by atoms with Crippen LogP contribution in [0.2, 0.25) is 0 Å². The van der Waals surface area contributed by atoms with Gasteiger partial charge in [-0.25, -0.2) is 9.97 Å². The van der Waals surface area contributed by atoms with E-state index in [0.29, 0.717) is 12.2 Å². The summed E-state index contributed by atoms with van der Waals surface area (Å²) >= 11 is 1.66. The van der Waals surface area contributed by atoms with Gasteiger partial charge in [-0.15, -0.1) is 11.3 Å². The smallest absolute Gasteiger partial charge is 0.137 e. The van der Waals surface area contributed by atoms with E-state index < -0.39 is 0 Å². The zero-order valence-corrected chi connectivity index (χ0v) is 10.0. The van der Waals surface area contributed by atoms with Crippen molar-refractivity contribution in [1.29, 1.82) is 0 Å². The van der Waals surface area contributed by atoms with Gasteiger partial charge in [0.05, 0.1) is 17.0 Å². The zero-order valence-electron chi connectivity index (χ0n) is 9.23. The number of thiophene rings is 1. The van der Waals surface area contributed by atoms with Crippen LogP contribution in [0.4, 0.5) is 0 Å². The number of hydrogen-bond donors (Lipinski definition) is 0. The van der Waals surface area contributed by atoms with Crippen molar-refractivity contribution < 1.29 is 4.79 Å². The molecule has 0 amide bonds. The molecule has 2 heterocycles. The normalized spacial score (nSPS) is 10.4. The van der Waals surface area contributed by atoms with Crippen molar-refractivity contribution >= 4 is 17.1 Å². The Morgan fingerprint density at radius 2 is 2.25 bits per heavy atom. The largest absolute Gasteiger partial charge is 0.300 e. The van der Waals surface area contributed by atoms with E-state index in [1.54, 1.807) is 24.5 Å². The van der Waals surface area contributed by atoms with Crippen LogP contribution in [0.15, 0.2) is 23.7 Å². The molecule has 3 nitrogen and oxygen atoms in total. The van der Waals surface area contributed by atoms with Gasteiger partial charge in [-0.05, 0) is 36.9 Å². The SMILES string of the molecule is CC(=O)Cc1nccc(-c2sccc2C)n1. The van der Waals surface area contributed by atoms with Crippen molar-refractivity contribution in [1.82, 2.24) is 9.97 Å². The molecule has 0 saturated carbocycles. The van der Waals surface area contributed by atoms with Gasteiger partial charge in [0.1, 0.15) is 11.6 Å². The number of aryl methyl sites for hydroxylation is 1. The summed E-state index contributed by atoms with van der Waals surface area (Å²) in [5.74, 6) is 0.679. The fourth-order valence-electron chi connectivity index (χ4n) is 1.47. The number of ketones is 1. The first kappa shape index (κ1) is 11.0. The predicted molar refractivity (Wildman–Crippen MR) is 64.5 cm³/mol. The van der Waals surface area contributed by atoms with Crippen molar-refractivity contribution in [2.24, 2.45) is 0 Å². The van der Waals surface area contributed by atoms with Crippen molar-refractivity contribution in [2.75, 3.05) is 0 Å². The average molecular weight is 232 g/mol. The molecule has 2 rings (SSSR count). The minimum atomic E-state index is 0.0834. The van der Waals surface area contributed by atoms with Gasteiger partial charge in [0.15, 0.2) is 0 Å². The number of rotatable bonds is 3. The van der Waals surface area contributed by atoms with E-state index in [9.17, 15) is 4.79 Å². The van der Waals surface area contributed by atoms with Crippen LogP contribution in [-0.2, 0) is 11.2 Å². The summed E-state index contributed by atoms with van der Waals surface area (Å²) in [6.45, 7) is 3.60. The molecule has 0 bridgehead atoms. The molecular formula is C12H12N2OS. The molecule has 0 unspecified atom stereocenters. The molecule has 0 radical (unpaired) electrons. The molecule has 0 fully saturated rings. The Bertz CT molecular complexity index is 519. The summed E-state index contributed by atoms with van der Waals surface area (Å²) < 4.78 is 0. The van der Waals surface area contributed by atoms with E-state index in [0.717, 1.165) is 10.6 Å². The lowest BCUT2D eigenvalue weighted by Gasteiger charge is -2.01. The molecule has 16 heavy (non-hydrogen) atoms. The maximum Gasteiger partial charge on any atom is 0.137 e. The van der Waals surface area contributed by atoms with E-state index in [1.165, 1.54) is 5.56 Å². The van der Waals surface area contributed by atoms with Crippen LogP contribution >= 0.6 is 11.3 Å². The van der Waals surface area contributed by atoms with Crippen LogP contribution in [0.3, 0.4) is 0 Å². The third-order valence-corrected chi connectivity index (χ3v) is 3.25. The number of aromatic nitrogens is 2. The third kappa shape index (κ3) is 2.33. The molecule has 0 spiro atoms. The van der Waals surface area contributed by atoms with Crippen molar-refractivity contribution in [2.45, 2.75) is 20.3 Å². The van der Waals surface area contributed by atoms with Gasteiger partial charge in [-0.3, -0.25) is 4.79 Å². The maximum atomic E-state index is 11.0. The van der Waals surface area contributed by atoms with Gasteiger partial charge in [0.25, 0.3) is 0 Å². The van der Waals surface area contributed by atoms with E-state index in [1.807, 2.05) is 11.4 Å². The number of carbonyl (C=O) groups excluding carboxylic acids is 1. The number of hydrogen-bond acceptors (Lipinski definition) is 4. The highest BCUT2D eigenvalue weighted by Crippen LogP contribution is 2.26. The highest BCUT2D eigenvalue weighted by Gasteiger charge is 2.07. The second kappa shape index (κ2) is 4.53. The van der Waals surface area contributed by atoms with Crippen LogP contribution in [0.1, 0.15) is 18.3 Å². The first-order valence-corrected chi connectivity index (χ1v) is 5.90. The Kier molecular flexibility index (Phi) is 3.10. The van der Waals surface area contributed by atoms with E-state index in [4.69, 9.17) is 0 Å². The summed E-state index contributed by atoms with van der Waals surface area (Å²) in [6, 6.07) is 3.94. The minimum Gasteiger partial charge on any atom is -0.300 e. The van der Waals surface area contributed by atoms with E-state index in [-0.39, 0.29) is 5.78 Å². The van der Waals surface area contributed by atoms with Crippen LogP contribution in [0, 0.1) is 6.92 Å². The van der Waals surface area contributed by atoms with Crippen LogP contribution in [0.5, 0.6) is 0 Å². The van der Waals surface area contributed by atoms with Gasteiger partial charge in [-0.1, -0.05) is 0 Å². The summed E-state index contributed by atoms with van der Waals surface area (Å²) in [6.07, 6.45) is 2.01. The predicted octanol–water partition coefficient (Wildman–Crippen LogP) is 2.65. The molecule has 0 aliphatic rings. The number of Topliss-reactive ketones (excluding diaryl/α,β-unsaturated/α-hetero) is 1. The van der Waals surface area contributed by atoms with Gasteiger partial charge in [0.2, 0.25) is 0 Å². The van der Waals surface area contributed by atoms with Crippen molar-refractivity contribution in [3.63, 3.8) is 0 Å². The molecule has 2 aromatic heterocycles. The van der Waals surface area contributed by atoms with Crippen LogP contribution in [-0.4, -0.2) is 15.8 Å².